The predicted octanol–water partition coefficient (Wildman–Crippen LogP) is 2.63. The fourth-order valence-electron chi connectivity index (χ4n) is 3.07. The standard InChI is InChI=1S/C18H24N6O/c1-6-8-15-16(24(5)20-12-19-15)23(4)11-14(7-2)18(9-10-18)17-21-13(3)22-25-17/h6-8,11-12H,2,9-10H2,1,3-5H3,(H,19,20)/b8-6-,14-11+. The Morgan fingerprint density at radius 2 is 2.24 bits per heavy atom. The molecule has 7 nitrogen and oxygen atoms in total. The van der Waals surface area contributed by atoms with Crippen LogP contribution in [0.4, 0.5) is 0 Å². The first-order valence-corrected chi connectivity index (χ1v) is 8.30. The average molecular weight is 340 g/mol. The van der Waals surface area contributed by atoms with Crippen molar-refractivity contribution < 1.29 is 4.52 Å². The van der Waals surface area contributed by atoms with Crippen LogP contribution in [0.15, 0.2) is 57.7 Å². The van der Waals surface area contributed by atoms with Gasteiger partial charge in [-0.1, -0.05) is 23.9 Å². The number of aromatic nitrogens is 2. The second-order valence-corrected chi connectivity index (χ2v) is 6.28. The second kappa shape index (κ2) is 6.58. The monoisotopic (exact) mass is 340 g/mol. The Kier molecular flexibility index (Phi) is 4.48. The Morgan fingerprint density at radius 3 is 2.80 bits per heavy atom. The third-order valence-corrected chi connectivity index (χ3v) is 4.46. The van der Waals surface area contributed by atoms with E-state index in [1.807, 2.05) is 56.1 Å². The maximum atomic E-state index is 5.44. The van der Waals surface area contributed by atoms with Gasteiger partial charge >= 0.3 is 0 Å². The van der Waals surface area contributed by atoms with Crippen LogP contribution >= 0.6 is 0 Å². The number of hydrazone groups is 1. The van der Waals surface area contributed by atoms with Crippen LogP contribution < -0.4 is 5.32 Å². The van der Waals surface area contributed by atoms with E-state index in [0.717, 1.165) is 29.9 Å². The van der Waals surface area contributed by atoms with E-state index in [2.05, 4.69) is 33.3 Å². The number of nitrogens with one attached hydrogen (secondary N) is 1. The second-order valence-electron chi connectivity index (χ2n) is 6.28. The van der Waals surface area contributed by atoms with Crippen LogP contribution in [0.2, 0.25) is 0 Å². The lowest BCUT2D eigenvalue weighted by molar-refractivity contribution is 0.314. The molecule has 1 N–H and O–H groups in total. The first-order chi connectivity index (χ1) is 12.0. The lowest BCUT2D eigenvalue weighted by Gasteiger charge is -2.30. The van der Waals surface area contributed by atoms with Crippen LogP contribution in [0, 0.1) is 6.92 Å². The van der Waals surface area contributed by atoms with Gasteiger partial charge in [0.25, 0.3) is 0 Å². The Bertz CT molecular complexity index is 781. The molecule has 0 atom stereocenters. The molecule has 132 valence electrons. The van der Waals surface area contributed by atoms with Gasteiger partial charge in [-0.3, -0.25) is 0 Å². The van der Waals surface area contributed by atoms with Crippen molar-refractivity contribution in [2.24, 2.45) is 5.10 Å². The lowest BCUT2D eigenvalue weighted by atomic mass is 9.96. The summed E-state index contributed by atoms with van der Waals surface area (Å²) in [6, 6.07) is 0. The molecule has 25 heavy (non-hydrogen) atoms. The molecule has 0 aromatic carbocycles. The lowest BCUT2D eigenvalue weighted by Crippen LogP contribution is -2.33. The zero-order valence-electron chi connectivity index (χ0n) is 15.2. The van der Waals surface area contributed by atoms with E-state index >= 15 is 0 Å². The highest BCUT2D eigenvalue weighted by Crippen LogP contribution is 2.53. The van der Waals surface area contributed by atoms with Gasteiger partial charge in [-0.05, 0) is 38.3 Å². The quantitative estimate of drug-likeness (QED) is 0.803. The van der Waals surface area contributed by atoms with Crippen molar-refractivity contribution in [3.05, 3.63) is 59.8 Å². The first-order valence-electron chi connectivity index (χ1n) is 8.30. The first kappa shape index (κ1) is 17.0. The van der Waals surface area contributed by atoms with Crippen molar-refractivity contribution >= 4 is 6.34 Å². The van der Waals surface area contributed by atoms with Crippen molar-refractivity contribution in [1.82, 2.24) is 25.4 Å². The summed E-state index contributed by atoms with van der Waals surface area (Å²) >= 11 is 0. The largest absolute Gasteiger partial charge is 0.342 e. The minimum atomic E-state index is -0.220. The summed E-state index contributed by atoms with van der Waals surface area (Å²) in [6.45, 7) is 7.82. The normalized spacial score (nSPS) is 19.4. The van der Waals surface area contributed by atoms with E-state index in [1.54, 1.807) is 6.34 Å². The molecule has 1 aliphatic carbocycles. The van der Waals surface area contributed by atoms with Gasteiger partial charge in [-0.25, -0.2) is 5.01 Å². The Balaban J connectivity index is 1.95. The number of hydrogen-bond acceptors (Lipinski definition) is 7. The molecule has 1 aliphatic heterocycles. The topological polar surface area (TPSA) is 69.8 Å². The molecule has 0 radical (unpaired) electrons. The molecule has 1 saturated carbocycles. The fourth-order valence-corrected chi connectivity index (χ4v) is 3.07. The molecule has 1 fully saturated rings. The number of rotatable bonds is 6. The van der Waals surface area contributed by atoms with Gasteiger partial charge in [-0.15, -0.1) is 0 Å². The summed E-state index contributed by atoms with van der Waals surface area (Å²) in [4.78, 5) is 6.48. The van der Waals surface area contributed by atoms with Crippen LogP contribution in [0.25, 0.3) is 0 Å². The highest BCUT2D eigenvalue weighted by Gasteiger charge is 2.51. The zero-order chi connectivity index (χ0) is 18.0. The molecule has 0 amide bonds. The van der Waals surface area contributed by atoms with E-state index in [1.165, 1.54) is 0 Å². The van der Waals surface area contributed by atoms with Crippen molar-refractivity contribution in [2.45, 2.75) is 32.1 Å². The average Bonchev–Trinajstić information content (AvgIpc) is 3.27. The maximum absolute atomic E-state index is 5.44. The van der Waals surface area contributed by atoms with Crippen LogP contribution in [-0.2, 0) is 5.41 Å². The van der Waals surface area contributed by atoms with Gasteiger partial charge in [0, 0.05) is 20.3 Å². The highest BCUT2D eigenvalue weighted by molar-refractivity contribution is 5.60. The summed E-state index contributed by atoms with van der Waals surface area (Å²) in [6.07, 6.45) is 11.6. The minimum Gasteiger partial charge on any atom is -0.342 e. The van der Waals surface area contributed by atoms with Crippen molar-refractivity contribution in [2.75, 3.05) is 14.1 Å². The van der Waals surface area contributed by atoms with E-state index in [0.29, 0.717) is 11.7 Å². The van der Waals surface area contributed by atoms with Crippen LogP contribution in [0.1, 0.15) is 31.5 Å². The molecule has 0 spiro atoms. The van der Waals surface area contributed by atoms with Gasteiger partial charge in [0.1, 0.15) is 6.34 Å². The summed E-state index contributed by atoms with van der Waals surface area (Å²) < 4.78 is 5.44. The summed E-state index contributed by atoms with van der Waals surface area (Å²) in [5.74, 6) is 2.26. The molecule has 7 heteroatoms. The van der Waals surface area contributed by atoms with E-state index in [4.69, 9.17) is 4.52 Å². The van der Waals surface area contributed by atoms with Crippen LogP contribution in [-0.4, -0.2) is 40.5 Å². The summed E-state index contributed by atoms with van der Waals surface area (Å²) in [5.41, 5.74) is 1.82. The molecular formula is C18H24N6O. The SMILES string of the molecule is C=C/C(=C\N(C)C1=C(/C=C\C)NC=NN1C)C1(c2nc(C)no2)CC1. The number of allylic oxidation sites excluding steroid dienone is 4. The maximum Gasteiger partial charge on any atom is 0.237 e. The predicted molar refractivity (Wildman–Crippen MR) is 97.2 cm³/mol. The Labute approximate surface area is 148 Å². The molecule has 3 rings (SSSR count). The van der Waals surface area contributed by atoms with Crippen molar-refractivity contribution in [3.8, 4) is 0 Å². The summed E-state index contributed by atoms with van der Waals surface area (Å²) in [7, 11) is 3.92. The third kappa shape index (κ3) is 3.09. The fraction of sp³-hybridized carbons (Fsp3) is 0.389. The zero-order valence-corrected chi connectivity index (χ0v) is 15.2. The van der Waals surface area contributed by atoms with Crippen LogP contribution in [0.5, 0.6) is 0 Å². The van der Waals surface area contributed by atoms with Gasteiger partial charge < -0.3 is 14.7 Å². The van der Waals surface area contributed by atoms with Crippen LogP contribution in [0.3, 0.4) is 0 Å². The van der Waals surface area contributed by atoms with Gasteiger partial charge in [0.05, 0.1) is 11.1 Å². The Morgan fingerprint density at radius 1 is 1.48 bits per heavy atom. The van der Waals surface area contributed by atoms with Gasteiger partial charge in [0.15, 0.2) is 11.6 Å². The molecular weight excluding hydrogens is 316 g/mol. The van der Waals surface area contributed by atoms with Gasteiger partial charge in [-0.2, -0.15) is 10.1 Å². The minimum absolute atomic E-state index is 0.220. The smallest absolute Gasteiger partial charge is 0.237 e. The number of hydrogen-bond donors (Lipinski definition) is 1. The molecule has 2 heterocycles. The molecule has 0 saturated heterocycles. The van der Waals surface area contributed by atoms with Crippen molar-refractivity contribution in [3.63, 3.8) is 0 Å². The van der Waals surface area contributed by atoms with Crippen molar-refractivity contribution in [1.29, 1.82) is 0 Å². The number of aryl methyl sites for hydroxylation is 1. The Hall–Kier alpha value is -2.83. The molecule has 1 aromatic heterocycles. The molecule has 0 bridgehead atoms. The molecule has 2 aliphatic rings. The summed E-state index contributed by atoms with van der Waals surface area (Å²) in [5, 5.41) is 13.3. The third-order valence-electron chi connectivity index (χ3n) is 4.46. The van der Waals surface area contributed by atoms with E-state index < -0.39 is 0 Å². The van der Waals surface area contributed by atoms with E-state index in [-0.39, 0.29) is 5.41 Å². The number of nitrogens with zero attached hydrogens (tertiary/aromatic N) is 5. The molecule has 0 unspecified atom stereocenters. The highest BCUT2D eigenvalue weighted by atomic mass is 16.5. The van der Waals surface area contributed by atoms with Gasteiger partial charge in [0.2, 0.25) is 5.89 Å². The van der Waals surface area contributed by atoms with E-state index in [9.17, 15) is 0 Å². The molecule has 1 aromatic rings.